The molecule has 3 aliphatic rings. The Bertz CT molecular complexity index is 296. The van der Waals surface area contributed by atoms with Gasteiger partial charge in [0, 0.05) is 38.1 Å². The summed E-state index contributed by atoms with van der Waals surface area (Å²) in [5.41, 5.74) is -0.908. The van der Waals surface area contributed by atoms with E-state index in [1.165, 1.54) is 0 Å². The molecule has 0 aromatic carbocycles. The van der Waals surface area contributed by atoms with Crippen molar-refractivity contribution < 1.29 is 18.6 Å². The Morgan fingerprint density at radius 3 is 2.44 bits per heavy atom. The molecule has 0 radical (unpaired) electrons. The third kappa shape index (κ3) is 1.41. The summed E-state index contributed by atoms with van der Waals surface area (Å²) in [5.74, 6) is -2.66. The summed E-state index contributed by atoms with van der Waals surface area (Å²) in [6.45, 7) is 3.20. The van der Waals surface area contributed by atoms with E-state index < -0.39 is 17.9 Å². The second-order valence-corrected chi connectivity index (χ2v) is 5.77. The molecule has 2 heterocycles. The van der Waals surface area contributed by atoms with Gasteiger partial charge in [0.25, 0.3) is 5.92 Å². The smallest absolute Gasteiger partial charge is 0.258 e. The minimum atomic E-state index is -2.66. The van der Waals surface area contributed by atoms with E-state index in [-0.39, 0.29) is 11.8 Å². The van der Waals surface area contributed by atoms with Crippen LogP contribution in [0, 0.1) is 10.8 Å². The molecule has 3 fully saturated rings. The number of alkyl halides is 2. The lowest BCUT2D eigenvalue weighted by Gasteiger charge is -2.48. The fourth-order valence-corrected chi connectivity index (χ4v) is 3.12. The average Bonchev–Trinajstić information content (AvgIpc) is 2.60. The van der Waals surface area contributed by atoms with E-state index in [9.17, 15) is 8.78 Å². The maximum Gasteiger partial charge on any atom is 0.258 e. The van der Waals surface area contributed by atoms with Gasteiger partial charge in [-0.2, -0.15) is 0 Å². The molecule has 0 amide bonds. The standard InChI is InChI=1S/C11H17F2NO2/c12-11(13)3-10(11,7-15)6-14-4-9(5-14)1-2-16-8-9/h15H,1-8H2/t10-/m1/s1. The lowest BCUT2D eigenvalue weighted by atomic mass is 9.78. The molecular formula is C11H17F2NO2. The second kappa shape index (κ2) is 3.15. The molecule has 0 unspecified atom stereocenters. The fourth-order valence-electron chi connectivity index (χ4n) is 3.12. The molecule has 2 aliphatic heterocycles. The molecular weight excluding hydrogens is 216 g/mol. The second-order valence-electron chi connectivity index (χ2n) is 5.77. The molecule has 0 aromatic rings. The largest absolute Gasteiger partial charge is 0.396 e. The topological polar surface area (TPSA) is 32.7 Å². The maximum atomic E-state index is 13.1. The predicted octanol–water partition coefficient (Wildman–Crippen LogP) is 0.726. The quantitative estimate of drug-likeness (QED) is 0.780. The van der Waals surface area contributed by atoms with Crippen molar-refractivity contribution in [3.05, 3.63) is 0 Å². The van der Waals surface area contributed by atoms with Crippen LogP contribution in [0.5, 0.6) is 0 Å². The van der Waals surface area contributed by atoms with E-state index in [0.717, 1.165) is 32.7 Å². The van der Waals surface area contributed by atoms with E-state index in [1.54, 1.807) is 0 Å². The van der Waals surface area contributed by atoms with Crippen LogP contribution in [0.25, 0.3) is 0 Å². The van der Waals surface area contributed by atoms with Crippen LogP contribution in [-0.2, 0) is 4.74 Å². The number of hydrogen-bond acceptors (Lipinski definition) is 3. The van der Waals surface area contributed by atoms with Crippen molar-refractivity contribution in [2.45, 2.75) is 18.8 Å². The van der Waals surface area contributed by atoms with Crippen LogP contribution in [0.4, 0.5) is 8.78 Å². The molecule has 1 atom stereocenters. The van der Waals surface area contributed by atoms with Gasteiger partial charge in [-0.25, -0.2) is 8.78 Å². The van der Waals surface area contributed by atoms with Crippen molar-refractivity contribution in [1.82, 2.24) is 4.90 Å². The zero-order valence-electron chi connectivity index (χ0n) is 9.22. The number of halogens is 2. The Morgan fingerprint density at radius 1 is 1.31 bits per heavy atom. The van der Waals surface area contributed by atoms with Crippen molar-refractivity contribution in [2.24, 2.45) is 10.8 Å². The number of hydrogen-bond donors (Lipinski definition) is 1. The molecule has 2 saturated heterocycles. The average molecular weight is 233 g/mol. The number of likely N-dealkylation sites (tertiary alicyclic amines) is 1. The Kier molecular flexibility index (Phi) is 2.14. The summed E-state index contributed by atoms with van der Waals surface area (Å²) in [5, 5.41) is 9.09. The van der Waals surface area contributed by atoms with E-state index in [1.807, 2.05) is 4.90 Å². The van der Waals surface area contributed by atoms with E-state index in [2.05, 4.69) is 0 Å². The molecule has 0 bridgehead atoms. The van der Waals surface area contributed by atoms with Gasteiger partial charge < -0.3 is 14.7 Å². The van der Waals surface area contributed by atoms with Crippen molar-refractivity contribution in [1.29, 1.82) is 0 Å². The lowest BCUT2D eigenvalue weighted by Crippen LogP contribution is -2.58. The zero-order chi connectivity index (χ0) is 11.4. The normalized spacial score (nSPS) is 39.9. The Morgan fingerprint density at radius 2 is 2.00 bits per heavy atom. The first-order valence-corrected chi connectivity index (χ1v) is 5.80. The SMILES string of the molecule is OC[C@]1(CN2CC3(CCOC3)C2)CC1(F)F. The van der Waals surface area contributed by atoms with Crippen molar-refractivity contribution >= 4 is 0 Å². The number of ether oxygens (including phenoxy) is 1. The summed E-state index contributed by atoms with van der Waals surface area (Å²) in [7, 11) is 0. The highest BCUT2D eigenvalue weighted by atomic mass is 19.3. The molecule has 3 nitrogen and oxygen atoms in total. The molecule has 1 N–H and O–H groups in total. The van der Waals surface area contributed by atoms with Crippen molar-refractivity contribution in [3.8, 4) is 0 Å². The molecule has 1 saturated carbocycles. The van der Waals surface area contributed by atoms with Gasteiger partial charge in [-0.05, 0) is 6.42 Å². The van der Waals surface area contributed by atoms with Crippen LogP contribution >= 0.6 is 0 Å². The first-order chi connectivity index (χ1) is 7.51. The summed E-state index contributed by atoms with van der Waals surface area (Å²) < 4.78 is 31.6. The van der Waals surface area contributed by atoms with Gasteiger partial charge in [-0.1, -0.05) is 0 Å². The molecule has 5 heteroatoms. The van der Waals surface area contributed by atoms with Crippen LogP contribution in [0.1, 0.15) is 12.8 Å². The first-order valence-electron chi connectivity index (χ1n) is 5.80. The first kappa shape index (κ1) is 10.9. The molecule has 16 heavy (non-hydrogen) atoms. The Hall–Kier alpha value is -0.260. The highest BCUT2D eigenvalue weighted by Gasteiger charge is 2.71. The van der Waals surface area contributed by atoms with Crippen LogP contribution in [0.15, 0.2) is 0 Å². The van der Waals surface area contributed by atoms with E-state index >= 15 is 0 Å². The maximum absolute atomic E-state index is 13.1. The summed E-state index contributed by atoms with van der Waals surface area (Å²) in [6.07, 6.45) is 0.891. The minimum Gasteiger partial charge on any atom is -0.396 e. The van der Waals surface area contributed by atoms with Gasteiger partial charge in [0.2, 0.25) is 0 Å². The molecule has 0 aromatic heterocycles. The van der Waals surface area contributed by atoms with Gasteiger partial charge in [0.05, 0.1) is 18.6 Å². The fraction of sp³-hybridized carbons (Fsp3) is 1.00. The van der Waals surface area contributed by atoms with Crippen LogP contribution in [-0.4, -0.2) is 55.4 Å². The summed E-state index contributed by atoms with van der Waals surface area (Å²) in [4.78, 5) is 2.03. The van der Waals surface area contributed by atoms with Crippen LogP contribution in [0.3, 0.4) is 0 Å². The number of aliphatic hydroxyl groups is 1. The molecule has 3 rings (SSSR count). The molecule has 92 valence electrons. The Labute approximate surface area is 93.4 Å². The molecule has 1 aliphatic carbocycles. The highest BCUT2D eigenvalue weighted by Crippen LogP contribution is 2.61. The third-order valence-corrected chi connectivity index (χ3v) is 4.34. The van der Waals surface area contributed by atoms with Crippen molar-refractivity contribution in [3.63, 3.8) is 0 Å². The number of nitrogens with zero attached hydrogens (tertiary/aromatic N) is 1. The zero-order valence-corrected chi connectivity index (χ0v) is 9.22. The number of rotatable bonds is 3. The predicted molar refractivity (Wildman–Crippen MR) is 53.4 cm³/mol. The van der Waals surface area contributed by atoms with E-state index in [0.29, 0.717) is 6.54 Å². The summed E-state index contributed by atoms with van der Waals surface area (Å²) in [6, 6.07) is 0. The highest BCUT2D eigenvalue weighted by molar-refractivity contribution is 5.13. The number of aliphatic hydroxyl groups excluding tert-OH is 1. The lowest BCUT2D eigenvalue weighted by molar-refractivity contribution is -0.0487. The Balaban J connectivity index is 1.55. The van der Waals surface area contributed by atoms with Gasteiger partial charge in [-0.3, -0.25) is 0 Å². The van der Waals surface area contributed by atoms with Crippen LogP contribution in [0.2, 0.25) is 0 Å². The van der Waals surface area contributed by atoms with Gasteiger partial charge in [-0.15, -0.1) is 0 Å². The van der Waals surface area contributed by atoms with Gasteiger partial charge in [0.1, 0.15) is 0 Å². The van der Waals surface area contributed by atoms with E-state index in [4.69, 9.17) is 9.84 Å². The van der Waals surface area contributed by atoms with Crippen LogP contribution < -0.4 is 0 Å². The third-order valence-electron chi connectivity index (χ3n) is 4.34. The van der Waals surface area contributed by atoms with Crippen molar-refractivity contribution in [2.75, 3.05) is 39.5 Å². The van der Waals surface area contributed by atoms with Gasteiger partial charge >= 0.3 is 0 Å². The molecule has 1 spiro atoms. The summed E-state index contributed by atoms with van der Waals surface area (Å²) >= 11 is 0. The monoisotopic (exact) mass is 233 g/mol. The van der Waals surface area contributed by atoms with Gasteiger partial charge in [0.15, 0.2) is 0 Å². The minimum absolute atomic E-state index is 0.156.